The lowest BCUT2D eigenvalue weighted by Crippen LogP contribution is -2.37. The minimum absolute atomic E-state index is 0.0729. The lowest BCUT2D eigenvalue weighted by molar-refractivity contribution is -0.130. The zero-order valence-corrected chi connectivity index (χ0v) is 16.3. The van der Waals surface area contributed by atoms with Gasteiger partial charge in [-0.2, -0.15) is 5.10 Å². The molecule has 1 fully saturated rings. The largest absolute Gasteiger partial charge is 0.378 e. The fraction of sp³-hybridized carbons (Fsp3) is 0.286. The maximum atomic E-state index is 12.6. The standard InChI is InChI=1S/C21H21ClN4O3/c22-17-4-2-1-3-16(17)19(27)21(29)25-14-6-5-12(9-14)20(28)24-15-7-8-18-13(10-15)11-23-26-18/h1-4,7-8,10-12,14,19,27H,5-6,9H2,(H,23,26)(H,24,28)(H,25,29)/t12-,14+,19-/m1/s1. The zero-order valence-electron chi connectivity index (χ0n) is 15.6. The number of aromatic nitrogens is 2. The number of hydrogen-bond donors (Lipinski definition) is 4. The van der Waals surface area contributed by atoms with E-state index in [0.717, 1.165) is 10.9 Å². The summed E-state index contributed by atoms with van der Waals surface area (Å²) in [5.41, 5.74) is 1.99. The summed E-state index contributed by atoms with van der Waals surface area (Å²) in [5.74, 6) is -0.774. The van der Waals surface area contributed by atoms with E-state index in [9.17, 15) is 14.7 Å². The smallest absolute Gasteiger partial charge is 0.253 e. The molecule has 0 spiro atoms. The molecule has 3 atom stereocenters. The summed E-state index contributed by atoms with van der Waals surface area (Å²) in [6.45, 7) is 0. The molecular weight excluding hydrogens is 392 g/mol. The van der Waals surface area contributed by atoms with E-state index in [-0.39, 0.29) is 17.9 Å². The molecule has 0 bridgehead atoms. The van der Waals surface area contributed by atoms with Crippen LogP contribution in [0.25, 0.3) is 10.9 Å². The first-order valence-electron chi connectivity index (χ1n) is 9.48. The Morgan fingerprint density at radius 2 is 2.03 bits per heavy atom. The lowest BCUT2D eigenvalue weighted by Gasteiger charge is -2.17. The summed E-state index contributed by atoms with van der Waals surface area (Å²) >= 11 is 6.05. The highest BCUT2D eigenvalue weighted by atomic mass is 35.5. The van der Waals surface area contributed by atoms with E-state index in [1.165, 1.54) is 0 Å². The summed E-state index contributed by atoms with van der Waals surface area (Å²) < 4.78 is 0. The van der Waals surface area contributed by atoms with Gasteiger partial charge >= 0.3 is 0 Å². The van der Waals surface area contributed by atoms with Gasteiger partial charge in [0.05, 0.1) is 11.7 Å². The van der Waals surface area contributed by atoms with E-state index in [0.29, 0.717) is 35.5 Å². The molecule has 0 aliphatic heterocycles. The number of amides is 2. The zero-order chi connectivity index (χ0) is 20.4. The average molecular weight is 413 g/mol. The van der Waals surface area contributed by atoms with Gasteiger partial charge in [0.25, 0.3) is 5.91 Å². The van der Waals surface area contributed by atoms with Crippen molar-refractivity contribution in [2.75, 3.05) is 5.32 Å². The van der Waals surface area contributed by atoms with Crippen LogP contribution in [0.1, 0.15) is 30.9 Å². The number of aliphatic hydroxyl groups excluding tert-OH is 1. The Morgan fingerprint density at radius 1 is 1.21 bits per heavy atom. The highest BCUT2D eigenvalue weighted by Gasteiger charge is 2.32. The summed E-state index contributed by atoms with van der Waals surface area (Å²) in [7, 11) is 0. The van der Waals surface area contributed by atoms with Gasteiger partial charge in [-0.1, -0.05) is 29.8 Å². The van der Waals surface area contributed by atoms with Crippen molar-refractivity contribution >= 4 is 40.0 Å². The third-order valence-electron chi connectivity index (χ3n) is 5.31. The number of carbonyl (C=O) groups excluding carboxylic acids is 2. The van der Waals surface area contributed by atoms with Gasteiger partial charge in [-0.25, -0.2) is 0 Å². The Balaban J connectivity index is 1.33. The molecule has 1 aromatic heterocycles. The predicted molar refractivity (Wildman–Crippen MR) is 110 cm³/mol. The van der Waals surface area contributed by atoms with Crippen LogP contribution in [0.4, 0.5) is 5.69 Å². The number of halogens is 1. The van der Waals surface area contributed by atoms with Crippen LogP contribution in [0.2, 0.25) is 5.02 Å². The minimum Gasteiger partial charge on any atom is -0.378 e. The summed E-state index contributed by atoms with van der Waals surface area (Å²) in [5, 5.41) is 24.2. The first kappa shape index (κ1) is 19.4. The van der Waals surface area contributed by atoms with Crippen LogP contribution < -0.4 is 10.6 Å². The SMILES string of the molecule is O=C(Nc1ccc2[nH]ncc2c1)[C@@H]1CC[C@H](NC(=O)[C@H](O)c2ccccc2Cl)C1. The number of carbonyl (C=O) groups is 2. The van der Waals surface area contributed by atoms with Crippen molar-refractivity contribution in [2.45, 2.75) is 31.4 Å². The molecule has 1 heterocycles. The van der Waals surface area contributed by atoms with Gasteiger partial charge < -0.3 is 15.7 Å². The number of rotatable bonds is 5. The number of nitrogens with zero attached hydrogens (tertiary/aromatic N) is 1. The molecule has 0 saturated heterocycles. The lowest BCUT2D eigenvalue weighted by atomic mass is 10.1. The minimum atomic E-state index is -1.33. The maximum Gasteiger partial charge on any atom is 0.253 e. The van der Waals surface area contributed by atoms with Crippen molar-refractivity contribution in [1.82, 2.24) is 15.5 Å². The molecule has 0 unspecified atom stereocenters. The van der Waals surface area contributed by atoms with Crippen molar-refractivity contribution < 1.29 is 14.7 Å². The van der Waals surface area contributed by atoms with E-state index >= 15 is 0 Å². The van der Waals surface area contributed by atoms with E-state index in [1.54, 1.807) is 30.5 Å². The fourth-order valence-electron chi connectivity index (χ4n) is 3.73. The molecule has 3 aromatic rings. The summed E-state index contributed by atoms with van der Waals surface area (Å²) in [4.78, 5) is 25.0. The van der Waals surface area contributed by atoms with Crippen molar-refractivity contribution in [2.24, 2.45) is 5.92 Å². The number of fused-ring (bicyclic) bond motifs is 1. The van der Waals surface area contributed by atoms with Gasteiger partial charge in [0.1, 0.15) is 0 Å². The number of aliphatic hydroxyl groups is 1. The first-order valence-corrected chi connectivity index (χ1v) is 9.86. The molecule has 1 aliphatic carbocycles. The predicted octanol–water partition coefficient (Wildman–Crippen LogP) is 3.17. The molecule has 7 nitrogen and oxygen atoms in total. The van der Waals surface area contributed by atoms with E-state index in [2.05, 4.69) is 20.8 Å². The Morgan fingerprint density at radius 3 is 2.86 bits per heavy atom. The number of aromatic amines is 1. The third kappa shape index (κ3) is 4.26. The maximum absolute atomic E-state index is 12.6. The van der Waals surface area contributed by atoms with Crippen molar-refractivity contribution in [3.05, 3.63) is 59.2 Å². The molecule has 29 heavy (non-hydrogen) atoms. The van der Waals surface area contributed by atoms with Crippen molar-refractivity contribution in [3.8, 4) is 0 Å². The van der Waals surface area contributed by atoms with Crippen LogP contribution in [0.3, 0.4) is 0 Å². The van der Waals surface area contributed by atoms with Crippen LogP contribution in [0.5, 0.6) is 0 Å². The van der Waals surface area contributed by atoms with E-state index in [1.807, 2.05) is 18.2 Å². The van der Waals surface area contributed by atoms with Gasteiger partial charge in [-0.15, -0.1) is 0 Å². The summed E-state index contributed by atoms with van der Waals surface area (Å²) in [6.07, 6.45) is 2.25. The second-order valence-corrected chi connectivity index (χ2v) is 7.71. The van der Waals surface area contributed by atoms with Crippen LogP contribution >= 0.6 is 11.6 Å². The molecule has 0 radical (unpaired) electrons. The van der Waals surface area contributed by atoms with Crippen LogP contribution in [0, 0.1) is 5.92 Å². The van der Waals surface area contributed by atoms with Gasteiger partial charge in [-0.3, -0.25) is 14.7 Å². The van der Waals surface area contributed by atoms with Crippen LogP contribution in [-0.4, -0.2) is 33.2 Å². The van der Waals surface area contributed by atoms with E-state index < -0.39 is 12.0 Å². The van der Waals surface area contributed by atoms with Crippen molar-refractivity contribution in [3.63, 3.8) is 0 Å². The highest BCUT2D eigenvalue weighted by molar-refractivity contribution is 6.31. The van der Waals surface area contributed by atoms with Crippen LogP contribution in [-0.2, 0) is 9.59 Å². The summed E-state index contributed by atoms with van der Waals surface area (Å²) in [6, 6.07) is 12.1. The normalized spacial score (nSPS) is 19.8. The quantitative estimate of drug-likeness (QED) is 0.516. The Bertz CT molecular complexity index is 1050. The van der Waals surface area contributed by atoms with Gasteiger partial charge in [0.2, 0.25) is 5.91 Å². The molecule has 2 amide bonds. The number of anilines is 1. The second kappa shape index (κ2) is 8.23. The van der Waals surface area contributed by atoms with E-state index in [4.69, 9.17) is 11.6 Å². The van der Waals surface area contributed by atoms with Gasteiger partial charge in [0.15, 0.2) is 6.10 Å². The molecule has 1 saturated carbocycles. The number of nitrogens with one attached hydrogen (secondary N) is 3. The van der Waals surface area contributed by atoms with Crippen molar-refractivity contribution in [1.29, 1.82) is 0 Å². The number of benzene rings is 2. The van der Waals surface area contributed by atoms with Gasteiger partial charge in [-0.05, 0) is 43.5 Å². The molecule has 8 heteroatoms. The first-order chi connectivity index (χ1) is 14.0. The monoisotopic (exact) mass is 412 g/mol. The molecule has 1 aliphatic rings. The third-order valence-corrected chi connectivity index (χ3v) is 5.65. The van der Waals surface area contributed by atoms with Crippen LogP contribution in [0.15, 0.2) is 48.7 Å². The van der Waals surface area contributed by atoms with Gasteiger partial charge in [0, 0.05) is 33.6 Å². The Labute approximate surface area is 172 Å². The number of H-pyrrole nitrogens is 1. The molecule has 150 valence electrons. The molecule has 4 N–H and O–H groups in total. The Kier molecular flexibility index (Phi) is 5.51. The molecular formula is C21H21ClN4O3. The Hall–Kier alpha value is -2.90. The fourth-order valence-corrected chi connectivity index (χ4v) is 3.97. The second-order valence-electron chi connectivity index (χ2n) is 7.30. The topological polar surface area (TPSA) is 107 Å². The number of hydrogen-bond acceptors (Lipinski definition) is 4. The molecule has 4 rings (SSSR count). The highest BCUT2D eigenvalue weighted by Crippen LogP contribution is 2.29. The average Bonchev–Trinajstić information content (AvgIpc) is 3.37. The molecule has 2 aromatic carbocycles.